The highest BCUT2D eigenvalue weighted by atomic mass is 16.5. The summed E-state index contributed by atoms with van der Waals surface area (Å²) in [6.45, 7) is 5.79. The van der Waals surface area contributed by atoms with Gasteiger partial charge in [-0.25, -0.2) is 0 Å². The molecule has 3 heteroatoms. The summed E-state index contributed by atoms with van der Waals surface area (Å²) < 4.78 is 4.97. The number of aromatic amines is 1. The van der Waals surface area contributed by atoms with Crippen LogP contribution in [-0.2, 0) is 4.74 Å². The third kappa shape index (κ3) is 1.98. The number of hydrogen-bond donors (Lipinski definition) is 1. The second-order valence-corrected chi connectivity index (χ2v) is 3.68. The molecule has 0 aliphatic carbocycles. The Balaban J connectivity index is 2.38. The Morgan fingerprint density at radius 3 is 3.06 bits per heavy atom. The van der Waals surface area contributed by atoms with Crippen LogP contribution in [0.1, 0.15) is 11.1 Å². The average molecular weight is 214 g/mol. The van der Waals surface area contributed by atoms with Crippen LogP contribution in [0.15, 0.2) is 36.7 Å². The molecule has 2 aromatic rings. The molecular formula is C13H14N2O. The van der Waals surface area contributed by atoms with Crippen molar-refractivity contribution in [1.82, 2.24) is 10.2 Å². The minimum Gasteiger partial charge on any atom is -0.497 e. The standard InChI is InChI=1S/C13H14N2O/c1-9-6-11(5-4-10(2)16-3)7-12-8-14-15-13(9)12/h4-8H,2H2,1,3H3,(H,14,15)/b5-4-. The number of aromatic nitrogens is 2. The fourth-order valence-corrected chi connectivity index (χ4v) is 1.62. The zero-order valence-corrected chi connectivity index (χ0v) is 9.45. The van der Waals surface area contributed by atoms with E-state index < -0.39 is 0 Å². The number of allylic oxidation sites excluding steroid dienone is 1. The number of nitrogens with zero attached hydrogens (tertiary/aromatic N) is 1. The predicted octanol–water partition coefficient (Wildman–Crippen LogP) is 3.04. The van der Waals surface area contributed by atoms with E-state index in [1.807, 2.05) is 18.3 Å². The Morgan fingerprint density at radius 2 is 2.31 bits per heavy atom. The van der Waals surface area contributed by atoms with Crippen molar-refractivity contribution in [1.29, 1.82) is 0 Å². The topological polar surface area (TPSA) is 37.9 Å². The van der Waals surface area contributed by atoms with E-state index in [1.54, 1.807) is 7.11 Å². The first-order chi connectivity index (χ1) is 7.70. The molecule has 0 radical (unpaired) electrons. The van der Waals surface area contributed by atoms with Crippen molar-refractivity contribution in [2.45, 2.75) is 6.92 Å². The first-order valence-corrected chi connectivity index (χ1v) is 5.05. The smallest absolute Gasteiger partial charge is 0.111 e. The minimum atomic E-state index is 0.643. The maximum absolute atomic E-state index is 4.97. The molecular weight excluding hydrogens is 200 g/mol. The summed E-state index contributed by atoms with van der Waals surface area (Å²) in [6, 6.07) is 4.17. The summed E-state index contributed by atoms with van der Waals surface area (Å²) in [5.41, 5.74) is 3.38. The van der Waals surface area contributed by atoms with Gasteiger partial charge in [0.05, 0.1) is 18.8 Å². The summed E-state index contributed by atoms with van der Waals surface area (Å²) in [5, 5.41) is 8.11. The quantitative estimate of drug-likeness (QED) is 0.630. The van der Waals surface area contributed by atoms with Gasteiger partial charge in [-0.1, -0.05) is 12.7 Å². The maximum Gasteiger partial charge on any atom is 0.111 e. The molecule has 0 fully saturated rings. The van der Waals surface area contributed by atoms with Crippen molar-refractivity contribution in [2.75, 3.05) is 7.11 Å². The van der Waals surface area contributed by atoms with Gasteiger partial charge in [0, 0.05) is 5.39 Å². The van der Waals surface area contributed by atoms with Gasteiger partial charge in [0.1, 0.15) is 5.76 Å². The average Bonchev–Trinajstić information content (AvgIpc) is 2.74. The lowest BCUT2D eigenvalue weighted by Crippen LogP contribution is -1.81. The first kappa shape index (κ1) is 10.5. The number of fused-ring (bicyclic) bond motifs is 1. The van der Waals surface area contributed by atoms with Crippen LogP contribution in [0.25, 0.3) is 17.0 Å². The van der Waals surface area contributed by atoms with E-state index in [-0.39, 0.29) is 0 Å². The van der Waals surface area contributed by atoms with Crippen LogP contribution >= 0.6 is 0 Å². The molecule has 0 amide bonds. The van der Waals surface area contributed by atoms with Gasteiger partial charge in [-0.05, 0) is 36.3 Å². The van der Waals surface area contributed by atoms with E-state index in [0.717, 1.165) is 16.5 Å². The number of aryl methyl sites for hydroxylation is 1. The van der Waals surface area contributed by atoms with E-state index in [4.69, 9.17) is 4.74 Å². The lowest BCUT2D eigenvalue weighted by atomic mass is 10.1. The number of H-pyrrole nitrogens is 1. The Labute approximate surface area is 94.4 Å². The zero-order valence-electron chi connectivity index (χ0n) is 9.45. The van der Waals surface area contributed by atoms with E-state index in [1.165, 1.54) is 5.56 Å². The lowest BCUT2D eigenvalue weighted by molar-refractivity contribution is 0.309. The Bertz CT molecular complexity index is 552. The number of methoxy groups -OCH3 is 1. The number of benzene rings is 1. The minimum absolute atomic E-state index is 0.643. The molecule has 0 aliphatic rings. The molecule has 0 bridgehead atoms. The van der Waals surface area contributed by atoms with E-state index >= 15 is 0 Å². The second-order valence-electron chi connectivity index (χ2n) is 3.68. The molecule has 3 nitrogen and oxygen atoms in total. The lowest BCUT2D eigenvalue weighted by Gasteiger charge is -2.00. The van der Waals surface area contributed by atoms with Crippen LogP contribution < -0.4 is 0 Å². The predicted molar refractivity (Wildman–Crippen MR) is 66.0 cm³/mol. The van der Waals surface area contributed by atoms with Gasteiger partial charge in [-0.15, -0.1) is 0 Å². The molecule has 0 saturated heterocycles. The Morgan fingerprint density at radius 1 is 1.50 bits per heavy atom. The third-order valence-electron chi connectivity index (χ3n) is 2.49. The molecule has 0 aliphatic heterocycles. The van der Waals surface area contributed by atoms with Crippen molar-refractivity contribution in [2.24, 2.45) is 0 Å². The van der Waals surface area contributed by atoms with Crippen LogP contribution in [0.2, 0.25) is 0 Å². The highest BCUT2D eigenvalue weighted by molar-refractivity contribution is 5.83. The zero-order chi connectivity index (χ0) is 11.5. The molecule has 1 N–H and O–H groups in total. The van der Waals surface area contributed by atoms with Crippen molar-refractivity contribution < 1.29 is 4.74 Å². The van der Waals surface area contributed by atoms with Crippen LogP contribution in [0, 0.1) is 6.92 Å². The second kappa shape index (κ2) is 4.23. The molecule has 82 valence electrons. The molecule has 0 atom stereocenters. The third-order valence-corrected chi connectivity index (χ3v) is 2.49. The van der Waals surface area contributed by atoms with Crippen LogP contribution in [0.3, 0.4) is 0 Å². The fraction of sp³-hybridized carbons (Fsp3) is 0.154. The summed E-state index contributed by atoms with van der Waals surface area (Å²) in [5.74, 6) is 0.643. The van der Waals surface area contributed by atoms with Gasteiger partial charge in [0.25, 0.3) is 0 Å². The van der Waals surface area contributed by atoms with Crippen LogP contribution in [0.5, 0.6) is 0 Å². The van der Waals surface area contributed by atoms with Gasteiger partial charge >= 0.3 is 0 Å². The molecule has 1 heterocycles. The highest BCUT2D eigenvalue weighted by Gasteiger charge is 2.00. The van der Waals surface area contributed by atoms with Gasteiger partial charge in [0.15, 0.2) is 0 Å². The molecule has 0 unspecified atom stereocenters. The number of hydrogen-bond acceptors (Lipinski definition) is 2. The largest absolute Gasteiger partial charge is 0.497 e. The van der Waals surface area contributed by atoms with E-state index in [0.29, 0.717) is 5.76 Å². The summed E-state index contributed by atoms with van der Waals surface area (Å²) in [4.78, 5) is 0. The highest BCUT2D eigenvalue weighted by Crippen LogP contribution is 2.19. The molecule has 1 aromatic heterocycles. The first-order valence-electron chi connectivity index (χ1n) is 5.05. The summed E-state index contributed by atoms with van der Waals surface area (Å²) in [6.07, 6.45) is 5.65. The van der Waals surface area contributed by atoms with Crippen molar-refractivity contribution >= 4 is 17.0 Å². The Kier molecular flexibility index (Phi) is 2.77. The van der Waals surface area contributed by atoms with Crippen molar-refractivity contribution in [3.8, 4) is 0 Å². The van der Waals surface area contributed by atoms with E-state index in [9.17, 15) is 0 Å². The van der Waals surface area contributed by atoms with Gasteiger partial charge < -0.3 is 4.74 Å². The van der Waals surface area contributed by atoms with Crippen LogP contribution in [-0.4, -0.2) is 17.3 Å². The van der Waals surface area contributed by atoms with Crippen LogP contribution in [0.4, 0.5) is 0 Å². The molecule has 0 spiro atoms. The summed E-state index contributed by atoms with van der Waals surface area (Å²) >= 11 is 0. The van der Waals surface area contributed by atoms with Gasteiger partial charge in [-0.3, -0.25) is 5.10 Å². The molecule has 0 saturated carbocycles. The summed E-state index contributed by atoms with van der Waals surface area (Å²) in [7, 11) is 1.61. The molecule has 1 aromatic carbocycles. The number of nitrogens with one attached hydrogen (secondary N) is 1. The molecule has 2 rings (SSSR count). The Hall–Kier alpha value is -2.03. The van der Waals surface area contributed by atoms with Crippen molar-refractivity contribution in [3.63, 3.8) is 0 Å². The normalized spacial score (nSPS) is 11.1. The van der Waals surface area contributed by atoms with Crippen molar-refractivity contribution in [3.05, 3.63) is 47.9 Å². The number of ether oxygens (including phenoxy) is 1. The SMILES string of the molecule is C=C(/C=C\c1cc(C)c2[nH]ncc2c1)OC. The molecule has 16 heavy (non-hydrogen) atoms. The fourth-order valence-electron chi connectivity index (χ4n) is 1.62. The van der Waals surface area contributed by atoms with E-state index in [2.05, 4.69) is 35.8 Å². The monoisotopic (exact) mass is 214 g/mol. The van der Waals surface area contributed by atoms with Gasteiger partial charge in [0.2, 0.25) is 0 Å². The number of rotatable bonds is 3. The maximum atomic E-state index is 4.97. The van der Waals surface area contributed by atoms with Gasteiger partial charge in [-0.2, -0.15) is 5.10 Å².